The molecule has 1 aromatic carbocycles. The first-order chi connectivity index (χ1) is 9.62. The summed E-state index contributed by atoms with van der Waals surface area (Å²) < 4.78 is 2.13. The molecule has 7 heteroatoms. The number of halogens is 1. The van der Waals surface area contributed by atoms with Crippen LogP contribution in [0.5, 0.6) is 0 Å². The molecule has 0 aliphatic carbocycles. The highest BCUT2D eigenvalue weighted by atomic mass is 79.9. The molecule has 0 saturated heterocycles. The van der Waals surface area contributed by atoms with Crippen molar-refractivity contribution in [3.63, 3.8) is 0 Å². The third-order valence-electron chi connectivity index (χ3n) is 3.20. The van der Waals surface area contributed by atoms with Crippen molar-refractivity contribution in [2.45, 2.75) is 26.8 Å². The van der Waals surface area contributed by atoms with Crippen molar-refractivity contribution in [2.24, 2.45) is 11.1 Å². The molecule has 2 rings (SSSR count). The monoisotopic (exact) mass is 353 g/mol. The summed E-state index contributed by atoms with van der Waals surface area (Å²) in [6, 6.07) is 4.29. The lowest BCUT2D eigenvalue weighted by Crippen LogP contribution is -2.32. The highest BCUT2D eigenvalue weighted by Gasteiger charge is 2.35. The summed E-state index contributed by atoms with van der Waals surface area (Å²) >= 11 is 3.32. The van der Waals surface area contributed by atoms with Gasteiger partial charge >= 0.3 is 5.97 Å². The molecule has 1 unspecified atom stereocenters. The molecule has 0 fully saturated rings. The van der Waals surface area contributed by atoms with Gasteiger partial charge in [0.15, 0.2) is 11.7 Å². The van der Waals surface area contributed by atoms with Gasteiger partial charge in [0, 0.05) is 9.86 Å². The van der Waals surface area contributed by atoms with E-state index < -0.39 is 23.3 Å². The number of hydrogen-bond acceptors (Lipinski definition) is 3. The van der Waals surface area contributed by atoms with Gasteiger partial charge in [-0.3, -0.25) is 4.79 Å². The van der Waals surface area contributed by atoms with Crippen LogP contribution in [0.4, 0.5) is 0 Å². The number of carboxylic acids is 1. The molecule has 0 aliphatic rings. The summed E-state index contributed by atoms with van der Waals surface area (Å²) in [6.45, 7) is 5.42. The number of primary amides is 1. The van der Waals surface area contributed by atoms with Crippen molar-refractivity contribution in [1.82, 2.24) is 9.78 Å². The van der Waals surface area contributed by atoms with E-state index in [-0.39, 0.29) is 5.69 Å². The number of hydrogen-bond donors (Lipinski definition) is 2. The Morgan fingerprint density at radius 3 is 2.48 bits per heavy atom. The van der Waals surface area contributed by atoms with Crippen LogP contribution in [-0.4, -0.2) is 26.8 Å². The summed E-state index contributed by atoms with van der Waals surface area (Å²) in [6.07, 6.45) is 0. The van der Waals surface area contributed by atoms with E-state index in [1.807, 2.05) is 20.8 Å². The minimum absolute atomic E-state index is 0.0711. The number of carbonyl (C=O) groups excluding carboxylic acids is 1. The van der Waals surface area contributed by atoms with Crippen LogP contribution in [0.15, 0.2) is 22.7 Å². The summed E-state index contributed by atoms with van der Waals surface area (Å²) in [4.78, 5) is 23.2. The Bertz CT molecular complexity index is 731. The first-order valence-corrected chi connectivity index (χ1v) is 7.12. The van der Waals surface area contributed by atoms with Gasteiger partial charge in [-0.05, 0) is 23.6 Å². The summed E-state index contributed by atoms with van der Waals surface area (Å²) in [5.41, 5.74) is 5.41. The normalized spacial score (nSPS) is 13.3. The largest absolute Gasteiger partial charge is 0.480 e. The standard InChI is InChI=1S/C14H16BrN3O3/c1-14(2,3)11(13(20)21)18-9-5-4-7(15)6-8(9)10(17-18)12(16)19/h4-6,11H,1-3H3,(H2,16,19)(H,20,21). The van der Waals surface area contributed by atoms with Crippen LogP contribution in [0.2, 0.25) is 0 Å². The molecule has 0 saturated carbocycles. The van der Waals surface area contributed by atoms with Crippen LogP contribution in [-0.2, 0) is 4.79 Å². The van der Waals surface area contributed by atoms with E-state index in [2.05, 4.69) is 21.0 Å². The second kappa shape index (κ2) is 5.14. The maximum Gasteiger partial charge on any atom is 0.329 e. The molecule has 3 N–H and O–H groups in total. The fraction of sp³-hybridized carbons (Fsp3) is 0.357. The molecular formula is C14H16BrN3O3. The zero-order valence-corrected chi connectivity index (χ0v) is 13.5. The van der Waals surface area contributed by atoms with Gasteiger partial charge in [0.2, 0.25) is 0 Å². The van der Waals surface area contributed by atoms with Crippen LogP contribution >= 0.6 is 15.9 Å². The topological polar surface area (TPSA) is 98.2 Å². The van der Waals surface area contributed by atoms with Gasteiger partial charge in [-0.1, -0.05) is 36.7 Å². The third-order valence-corrected chi connectivity index (χ3v) is 3.69. The SMILES string of the molecule is CC(C)(C)C(C(=O)O)n1nc(C(N)=O)c2cc(Br)ccc21. The summed E-state index contributed by atoms with van der Waals surface area (Å²) in [5, 5.41) is 14.2. The summed E-state index contributed by atoms with van der Waals surface area (Å²) in [5.74, 6) is -1.69. The number of nitrogens with zero attached hydrogens (tertiary/aromatic N) is 2. The zero-order chi connectivity index (χ0) is 15.9. The Kier molecular flexibility index (Phi) is 3.79. The van der Waals surface area contributed by atoms with Crippen molar-refractivity contribution in [3.05, 3.63) is 28.4 Å². The highest BCUT2D eigenvalue weighted by molar-refractivity contribution is 9.10. The Morgan fingerprint density at radius 1 is 1.38 bits per heavy atom. The van der Waals surface area contributed by atoms with Gasteiger partial charge in [0.05, 0.1) is 5.52 Å². The van der Waals surface area contributed by atoms with Gasteiger partial charge in [0.25, 0.3) is 5.91 Å². The van der Waals surface area contributed by atoms with E-state index in [1.165, 1.54) is 4.68 Å². The number of amides is 1. The molecule has 0 spiro atoms. The van der Waals surface area contributed by atoms with Crippen molar-refractivity contribution in [3.8, 4) is 0 Å². The number of fused-ring (bicyclic) bond motifs is 1. The molecule has 112 valence electrons. The maximum atomic E-state index is 11.7. The average Bonchev–Trinajstić information content (AvgIpc) is 2.65. The average molecular weight is 354 g/mol. The molecule has 2 aromatic rings. The van der Waals surface area contributed by atoms with E-state index in [4.69, 9.17) is 5.73 Å². The molecule has 0 bridgehead atoms. The minimum atomic E-state index is -1.01. The van der Waals surface area contributed by atoms with E-state index in [9.17, 15) is 14.7 Å². The fourth-order valence-corrected chi connectivity index (χ4v) is 2.69. The van der Waals surface area contributed by atoms with E-state index in [0.29, 0.717) is 10.9 Å². The molecule has 1 aromatic heterocycles. The lowest BCUT2D eigenvalue weighted by Gasteiger charge is -2.27. The predicted octanol–water partition coefficient (Wildman–Crippen LogP) is 2.57. The Hall–Kier alpha value is -1.89. The van der Waals surface area contributed by atoms with Crippen LogP contribution in [0.25, 0.3) is 10.9 Å². The summed E-state index contributed by atoms with van der Waals surface area (Å²) in [7, 11) is 0. The number of rotatable bonds is 3. The number of aliphatic carboxylic acids is 1. The molecule has 1 atom stereocenters. The smallest absolute Gasteiger partial charge is 0.329 e. The Labute approximate surface area is 130 Å². The third kappa shape index (κ3) is 2.78. The van der Waals surface area contributed by atoms with Gasteiger partial charge < -0.3 is 10.8 Å². The first-order valence-electron chi connectivity index (χ1n) is 6.33. The number of aromatic nitrogens is 2. The molecule has 0 aliphatic heterocycles. The molecule has 0 radical (unpaired) electrons. The highest BCUT2D eigenvalue weighted by Crippen LogP contribution is 2.34. The van der Waals surface area contributed by atoms with Gasteiger partial charge in [-0.25, -0.2) is 9.48 Å². The van der Waals surface area contributed by atoms with E-state index in [0.717, 1.165) is 4.47 Å². The van der Waals surface area contributed by atoms with Crippen LogP contribution in [0.1, 0.15) is 37.3 Å². The lowest BCUT2D eigenvalue weighted by molar-refractivity contribution is -0.144. The second-order valence-corrected chi connectivity index (χ2v) is 6.84. The van der Waals surface area contributed by atoms with Crippen LogP contribution in [0, 0.1) is 5.41 Å². The molecule has 1 amide bonds. The van der Waals surface area contributed by atoms with Gasteiger partial charge in [0.1, 0.15) is 0 Å². The first kappa shape index (κ1) is 15.5. The van der Waals surface area contributed by atoms with Crippen LogP contribution < -0.4 is 5.73 Å². The van der Waals surface area contributed by atoms with Crippen molar-refractivity contribution in [1.29, 1.82) is 0 Å². The van der Waals surface area contributed by atoms with Crippen molar-refractivity contribution >= 4 is 38.7 Å². The minimum Gasteiger partial charge on any atom is -0.480 e. The second-order valence-electron chi connectivity index (χ2n) is 5.93. The molecule has 6 nitrogen and oxygen atoms in total. The molecular weight excluding hydrogens is 338 g/mol. The molecule has 1 heterocycles. The lowest BCUT2D eigenvalue weighted by atomic mass is 9.87. The Morgan fingerprint density at radius 2 is 2.00 bits per heavy atom. The Balaban J connectivity index is 2.80. The fourth-order valence-electron chi connectivity index (χ4n) is 2.33. The van der Waals surface area contributed by atoms with E-state index in [1.54, 1.807) is 18.2 Å². The maximum absolute atomic E-state index is 11.7. The zero-order valence-electron chi connectivity index (χ0n) is 11.9. The number of nitrogens with two attached hydrogens (primary N) is 1. The van der Waals surface area contributed by atoms with Crippen LogP contribution in [0.3, 0.4) is 0 Å². The van der Waals surface area contributed by atoms with Crippen molar-refractivity contribution in [2.75, 3.05) is 0 Å². The van der Waals surface area contributed by atoms with Gasteiger partial charge in [-0.15, -0.1) is 0 Å². The van der Waals surface area contributed by atoms with E-state index >= 15 is 0 Å². The van der Waals surface area contributed by atoms with Crippen molar-refractivity contribution < 1.29 is 14.7 Å². The quantitative estimate of drug-likeness (QED) is 0.885. The number of carboxylic acid groups (broad SMARTS) is 1. The van der Waals surface area contributed by atoms with Gasteiger partial charge in [-0.2, -0.15) is 5.10 Å². The number of benzene rings is 1. The predicted molar refractivity (Wildman–Crippen MR) is 82.1 cm³/mol. The number of carbonyl (C=O) groups is 2. The molecule has 21 heavy (non-hydrogen) atoms.